The van der Waals surface area contributed by atoms with Crippen molar-refractivity contribution in [3.8, 4) is 0 Å². The second-order valence-corrected chi connectivity index (χ2v) is 1.50. The van der Waals surface area contributed by atoms with Gasteiger partial charge in [0.1, 0.15) is 0 Å². The smallest absolute Gasteiger partial charge is 0.00799 e. The van der Waals surface area contributed by atoms with Crippen LogP contribution in [0, 0.1) is 0 Å². The van der Waals surface area contributed by atoms with Crippen LogP contribution in [-0.2, 0) is 0 Å². The van der Waals surface area contributed by atoms with Gasteiger partial charge in [-0.25, -0.2) is 0 Å². The second kappa shape index (κ2) is 44.0. The number of hydrogen-bond acceptors (Lipinski definition) is 1. The van der Waals surface area contributed by atoms with Crippen LogP contribution in [0.15, 0.2) is 0 Å². The molecule has 0 amide bonds. The summed E-state index contributed by atoms with van der Waals surface area (Å²) in [6.45, 7) is 11.1. The molecule has 0 aliphatic rings. The minimum atomic E-state index is 0.819. The van der Waals surface area contributed by atoms with E-state index >= 15 is 0 Å². The molecule has 0 aromatic carbocycles. The van der Waals surface area contributed by atoms with E-state index in [1.54, 1.807) is 0 Å². The van der Waals surface area contributed by atoms with Crippen molar-refractivity contribution in [3.63, 3.8) is 0 Å². The average molecular weight is 133 g/mol. The zero-order valence-electron chi connectivity index (χ0n) is 7.70. The SMILES string of the molecule is CC.CCC.CCCN. The lowest BCUT2D eigenvalue weighted by atomic mass is 10.5. The van der Waals surface area contributed by atoms with Gasteiger partial charge in [0.2, 0.25) is 0 Å². The van der Waals surface area contributed by atoms with E-state index in [0.717, 1.165) is 13.0 Å². The van der Waals surface area contributed by atoms with E-state index in [1.807, 2.05) is 13.8 Å². The van der Waals surface area contributed by atoms with Crippen LogP contribution in [0.1, 0.15) is 47.5 Å². The first-order valence-corrected chi connectivity index (χ1v) is 4.03. The fourth-order valence-electron chi connectivity index (χ4n) is 0. The summed E-state index contributed by atoms with van der Waals surface area (Å²) in [5, 5.41) is 0. The summed E-state index contributed by atoms with van der Waals surface area (Å²) < 4.78 is 0. The largest absolute Gasteiger partial charge is 0.330 e. The predicted molar refractivity (Wildman–Crippen MR) is 46.7 cm³/mol. The molecule has 2 N–H and O–H groups in total. The van der Waals surface area contributed by atoms with Crippen LogP contribution in [0.25, 0.3) is 0 Å². The molecule has 1 heteroatoms. The van der Waals surface area contributed by atoms with Gasteiger partial charge in [-0.05, 0) is 13.0 Å². The van der Waals surface area contributed by atoms with Crippen molar-refractivity contribution in [1.82, 2.24) is 0 Å². The molecular formula is C8H23N. The lowest BCUT2D eigenvalue weighted by molar-refractivity contribution is 0.932. The lowest BCUT2D eigenvalue weighted by Gasteiger charge is -1.70. The molecule has 0 spiro atoms. The molecule has 0 aromatic rings. The van der Waals surface area contributed by atoms with Crippen molar-refractivity contribution in [2.75, 3.05) is 6.54 Å². The van der Waals surface area contributed by atoms with E-state index in [0.29, 0.717) is 0 Å². The summed E-state index contributed by atoms with van der Waals surface area (Å²) in [6.07, 6.45) is 2.35. The van der Waals surface area contributed by atoms with Crippen LogP contribution in [-0.4, -0.2) is 6.54 Å². The van der Waals surface area contributed by atoms with E-state index in [4.69, 9.17) is 5.73 Å². The maximum Gasteiger partial charge on any atom is -0.00799 e. The topological polar surface area (TPSA) is 26.0 Å². The van der Waals surface area contributed by atoms with Gasteiger partial charge < -0.3 is 5.73 Å². The molecule has 0 heterocycles. The van der Waals surface area contributed by atoms with Crippen LogP contribution < -0.4 is 5.73 Å². The van der Waals surface area contributed by atoms with Crippen molar-refractivity contribution >= 4 is 0 Å². The Labute approximate surface area is 60.6 Å². The summed E-state index contributed by atoms with van der Waals surface area (Å²) in [4.78, 5) is 0. The molecule has 0 fully saturated rings. The Bertz CT molecular complexity index is 12.0. The summed E-state index contributed by atoms with van der Waals surface area (Å²) in [5.41, 5.74) is 5.03. The normalized spacial score (nSPS) is 6.00. The first kappa shape index (κ1) is 16.0. The van der Waals surface area contributed by atoms with Crippen LogP contribution in [0.3, 0.4) is 0 Å². The van der Waals surface area contributed by atoms with Gasteiger partial charge in [0, 0.05) is 0 Å². The minimum Gasteiger partial charge on any atom is -0.330 e. The first-order valence-electron chi connectivity index (χ1n) is 4.03. The Morgan fingerprint density at radius 2 is 1.11 bits per heavy atom. The minimum absolute atomic E-state index is 0.819. The quantitative estimate of drug-likeness (QED) is 0.585. The van der Waals surface area contributed by atoms with Crippen molar-refractivity contribution in [2.24, 2.45) is 5.73 Å². The zero-order valence-corrected chi connectivity index (χ0v) is 7.70. The predicted octanol–water partition coefficient (Wildman–Crippen LogP) is 2.80. The van der Waals surface area contributed by atoms with E-state index < -0.39 is 0 Å². The molecule has 0 unspecified atom stereocenters. The van der Waals surface area contributed by atoms with E-state index in [2.05, 4.69) is 20.8 Å². The molecule has 0 aliphatic heterocycles. The van der Waals surface area contributed by atoms with Gasteiger partial charge in [-0.3, -0.25) is 0 Å². The summed E-state index contributed by atoms with van der Waals surface area (Å²) in [7, 11) is 0. The first-order chi connectivity index (χ1) is 4.33. The van der Waals surface area contributed by atoms with Gasteiger partial charge in [0.05, 0.1) is 0 Å². The Kier molecular flexibility index (Phi) is 78.2. The van der Waals surface area contributed by atoms with Gasteiger partial charge in [-0.1, -0.05) is 41.0 Å². The van der Waals surface area contributed by atoms with E-state index in [-0.39, 0.29) is 0 Å². The standard InChI is InChI=1S/C3H9N.C3H8.C2H6/c1-2-3-4;1-3-2;1-2/h2-4H2,1H3;3H2,1-2H3;1-2H3. The third-order valence-electron chi connectivity index (χ3n) is 0.289. The molecule has 0 rings (SSSR count). The molecular weight excluding hydrogens is 110 g/mol. The third kappa shape index (κ3) is 307. The van der Waals surface area contributed by atoms with Gasteiger partial charge in [-0.15, -0.1) is 0 Å². The van der Waals surface area contributed by atoms with Crippen molar-refractivity contribution in [3.05, 3.63) is 0 Å². The van der Waals surface area contributed by atoms with E-state index in [1.165, 1.54) is 6.42 Å². The molecule has 0 aliphatic carbocycles. The summed E-state index contributed by atoms with van der Waals surface area (Å²) in [5.74, 6) is 0. The maximum absolute atomic E-state index is 5.03. The number of nitrogens with two attached hydrogens (primary N) is 1. The fourth-order valence-corrected chi connectivity index (χ4v) is 0. The highest BCUT2D eigenvalue weighted by Crippen LogP contribution is 1.57. The number of hydrogen-bond donors (Lipinski definition) is 1. The highest BCUT2D eigenvalue weighted by molar-refractivity contribution is 4.19. The fraction of sp³-hybridized carbons (Fsp3) is 1.00. The molecule has 0 radical (unpaired) electrons. The van der Waals surface area contributed by atoms with Crippen LogP contribution in [0.5, 0.6) is 0 Å². The second-order valence-electron chi connectivity index (χ2n) is 1.50. The van der Waals surface area contributed by atoms with Gasteiger partial charge in [0.15, 0.2) is 0 Å². The Morgan fingerprint density at radius 1 is 1.00 bits per heavy atom. The Morgan fingerprint density at radius 3 is 1.11 bits per heavy atom. The summed E-state index contributed by atoms with van der Waals surface area (Å²) >= 11 is 0. The van der Waals surface area contributed by atoms with Crippen molar-refractivity contribution in [2.45, 2.75) is 47.5 Å². The molecule has 0 saturated carbocycles. The monoisotopic (exact) mass is 133 g/mol. The Balaban J connectivity index is -0.0000000646. The van der Waals surface area contributed by atoms with Gasteiger partial charge in [-0.2, -0.15) is 0 Å². The lowest BCUT2D eigenvalue weighted by Crippen LogP contribution is -1.93. The maximum atomic E-state index is 5.03. The molecule has 0 bridgehead atoms. The van der Waals surface area contributed by atoms with Gasteiger partial charge in [0.25, 0.3) is 0 Å². The van der Waals surface area contributed by atoms with Crippen LogP contribution in [0.4, 0.5) is 0 Å². The zero-order chi connectivity index (χ0) is 8.12. The third-order valence-corrected chi connectivity index (χ3v) is 0.289. The highest BCUT2D eigenvalue weighted by Gasteiger charge is 1.55. The molecule has 0 atom stereocenters. The number of rotatable bonds is 1. The van der Waals surface area contributed by atoms with E-state index in [9.17, 15) is 0 Å². The van der Waals surface area contributed by atoms with Crippen LogP contribution >= 0.6 is 0 Å². The average Bonchev–Trinajstić information content (AvgIpc) is 1.94. The highest BCUT2D eigenvalue weighted by atomic mass is 14.5. The van der Waals surface area contributed by atoms with Crippen molar-refractivity contribution < 1.29 is 0 Å². The van der Waals surface area contributed by atoms with Crippen LogP contribution in [0.2, 0.25) is 0 Å². The molecule has 0 aromatic heterocycles. The van der Waals surface area contributed by atoms with Crippen molar-refractivity contribution in [1.29, 1.82) is 0 Å². The molecule has 9 heavy (non-hydrogen) atoms. The molecule has 60 valence electrons. The molecule has 1 nitrogen and oxygen atoms in total. The Hall–Kier alpha value is -0.0400. The van der Waals surface area contributed by atoms with Gasteiger partial charge >= 0.3 is 0 Å². The molecule has 0 saturated heterocycles. The summed E-state index contributed by atoms with van der Waals surface area (Å²) in [6, 6.07) is 0.